The topological polar surface area (TPSA) is 46.2 Å². The Morgan fingerprint density at radius 3 is 2.67 bits per heavy atom. The van der Waals surface area contributed by atoms with Crippen LogP contribution in [0, 0.1) is 5.82 Å². The van der Waals surface area contributed by atoms with Crippen LogP contribution in [0.15, 0.2) is 22.7 Å². The monoisotopic (exact) mass is 273 g/mol. The first-order chi connectivity index (χ1) is 7.07. The van der Waals surface area contributed by atoms with Gasteiger partial charge in [-0.05, 0) is 30.5 Å². The molecule has 0 saturated heterocycles. The lowest BCUT2D eigenvalue weighted by Crippen LogP contribution is -2.50. The molecule has 1 aromatic rings. The molecule has 15 heavy (non-hydrogen) atoms. The van der Waals surface area contributed by atoms with E-state index in [0.29, 0.717) is 24.9 Å². The number of nitrogens with two attached hydrogens (primary N) is 1. The lowest BCUT2D eigenvalue weighted by Gasteiger charge is -2.45. The summed E-state index contributed by atoms with van der Waals surface area (Å²) < 4.78 is 14.4. The summed E-state index contributed by atoms with van der Waals surface area (Å²) in [6, 6.07) is 5.00. The molecule has 2 nitrogen and oxygen atoms in total. The predicted molar refractivity (Wildman–Crippen MR) is 60.1 cm³/mol. The van der Waals surface area contributed by atoms with Gasteiger partial charge in [0.05, 0.1) is 6.10 Å². The maximum atomic E-state index is 13.7. The van der Waals surface area contributed by atoms with E-state index in [1.165, 1.54) is 6.07 Å². The first kappa shape index (κ1) is 11.0. The molecular weight excluding hydrogens is 261 g/mol. The summed E-state index contributed by atoms with van der Waals surface area (Å²) in [5, 5.41) is 9.33. The molecule has 3 N–H and O–H groups in total. The Balaban J connectivity index is 2.36. The summed E-state index contributed by atoms with van der Waals surface area (Å²) in [6.07, 6.45) is 0.779. The molecule has 0 atom stereocenters. The molecule has 0 aromatic heterocycles. The Morgan fingerprint density at radius 1 is 1.53 bits per heavy atom. The highest BCUT2D eigenvalue weighted by atomic mass is 79.9. The fraction of sp³-hybridized carbons (Fsp3) is 0.455. The van der Waals surface area contributed by atoms with E-state index < -0.39 is 0 Å². The Bertz CT molecular complexity index is 377. The minimum atomic E-state index is -0.357. The molecule has 4 heteroatoms. The molecule has 1 saturated carbocycles. The van der Waals surface area contributed by atoms with E-state index in [0.717, 1.165) is 4.47 Å². The van der Waals surface area contributed by atoms with Crippen molar-refractivity contribution in [2.45, 2.75) is 24.4 Å². The molecule has 82 valence electrons. The highest BCUT2D eigenvalue weighted by molar-refractivity contribution is 9.10. The number of aliphatic hydroxyl groups is 1. The van der Waals surface area contributed by atoms with Crippen molar-refractivity contribution < 1.29 is 9.50 Å². The molecule has 0 bridgehead atoms. The number of hydrogen-bond donors (Lipinski definition) is 2. The van der Waals surface area contributed by atoms with Gasteiger partial charge < -0.3 is 10.8 Å². The molecule has 0 radical (unpaired) electrons. The largest absolute Gasteiger partial charge is 0.393 e. The van der Waals surface area contributed by atoms with E-state index >= 15 is 0 Å². The van der Waals surface area contributed by atoms with Crippen LogP contribution in [0.25, 0.3) is 0 Å². The Labute approximate surface area is 96.4 Å². The summed E-state index contributed by atoms with van der Waals surface area (Å²) in [6.45, 7) is 0.378. The number of aliphatic hydroxyl groups excluding tert-OH is 1. The fourth-order valence-corrected chi connectivity index (χ4v) is 2.59. The van der Waals surface area contributed by atoms with Crippen molar-refractivity contribution in [2.24, 2.45) is 5.73 Å². The van der Waals surface area contributed by atoms with Gasteiger partial charge in [-0.1, -0.05) is 22.0 Å². The van der Waals surface area contributed by atoms with Gasteiger partial charge in [0.1, 0.15) is 5.82 Å². The second-order valence-electron chi connectivity index (χ2n) is 4.17. The third-order valence-corrected chi connectivity index (χ3v) is 3.64. The molecule has 1 aliphatic carbocycles. The third-order valence-electron chi connectivity index (χ3n) is 3.15. The molecule has 1 fully saturated rings. The molecule has 0 heterocycles. The molecule has 2 rings (SSSR count). The number of halogens is 2. The van der Waals surface area contributed by atoms with Gasteiger partial charge in [0, 0.05) is 16.4 Å². The molecule has 0 amide bonds. The Morgan fingerprint density at radius 2 is 2.20 bits per heavy atom. The van der Waals surface area contributed by atoms with Gasteiger partial charge in [0.2, 0.25) is 0 Å². The molecule has 0 aliphatic heterocycles. The van der Waals surface area contributed by atoms with E-state index in [4.69, 9.17) is 5.73 Å². The van der Waals surface area contributed by atoms with E-state index in [1.54, 1.807) is 12.1 Å². The maximum absolute atomic E-state index is 13.7. The van der Waals surface area contributed by atoms with Crippen molar-refractivity contribution in [1.82, 2.24) is 0 Å². The van der Waals surface area contributed by atoms with Crippen molar-refractivity contribution in [3.8, 4) is 0 Å². The normalized spacial score (nSPS) is 30.0. The molecule has 0 spiro atoms. The van der Waals surface area contributed by atoms with Crippen LogP contribution in [0.3, 0.4) is 0 Å². The third kappa shape index (κ3) is 1.82. The van der Waals surface area contributed by atoms with Gasteiger partial charge in [-0.2, -0.15) is 0 Å². The zero-order chi connectivity index (χ0) is 11.1. The fourth-order valence-electron chi connectivity index (χ4n) is 2.26. The van der Waals surface area contributed by atoms with Crippen molar-refractivity contribution in [1.29, 1.82) is 0 Å². The lowest BCUT2D eigenvalue weighted by molar-refractivity contribution is 0.0205. The van der Waals surface area contributed by atoms with Crippen LogP contribution in [0.4, 0.5) is 4.39 Å². The summed E-state index contributed by atoms with van der Waals surface area (Å²) >= 11 is 3.22. The average Bonchev–Trinajstić information content (AvgIpc) is 2.13. The first-order valence-electron chi connectivity index (χ1n) is 4.91. The van der Waals surface area contributed by atoms with E-state index in [2.05, 4.69) is 15.9 Å². The standard InChI is InChI=1S/C11H13BrFNO/c12-7-1-2-9(10(13)3-7)11(6-14)4-8(15)5-11/h1-3,8,15H,4-6,14H2. The van der Waals surface area contributed by atoms with Crippen LogP contribution in [0.2, 0.25) is 0 Å². The van der Waals surface area contributed by atoms with Gasteiger partial charge in [0.15, 0.2) is 0 Å². The van der Waals surface area contributed by atoms with Crippen LogP contribution in [-0.2, 0) is 5.41 Å². The van der Waals surface area contributed by atoms with Crippen molar-refractivity contribution >= 4 is 15.9 Å². The summed E-state index contributed by atoms with van der Waals surface area (Å²) in [5.74, 6) is -0.248. The Hall–Kier alpha value is -0.450. The molecule has 1 aromatic carbocycles. The van der Waals surface area contributed by atoms with Gasteiger partial charge in [-0.15, -0.1) is 0 Å². The second kappa shape index (κ2) is 3.85. The van der Waals surface area contributed by atoms with E-state index in [9.17, 15) is 9.50 Å². The maximum Gasteiger partial charge on any atom is 0.128 e. The molecule has 1 aliphatic rings. The van der Waals surface area contributed by atoms with Crippen molar-refractivity contribution in [3.63, 3.8) is 0 Å². The van der Waals surface area contributed by atoms with Crippen LogP contribution in [0.1, 0.15) is 18.4 Å². The van der Waals surface area contributed by atoms with Crippen molar-refractivity contribution in [2.75, 3.05) is 6.54 Å². The zero-order valence-corrected chi connectivity index (χ0v) is 9.80. The van der Waals surface area contributed by atoms with Crippen LogP contribution >= 0.6 is 15.9 Å². The van der Waals surface area contributed by atoms with Gasteiger partial charge in [-0.3, -0.25) is 0 Å². The van der Waals surface area contributed by atoms with Crippen LogP contribution in [-0.4, -0.2) is 17.8 Å². The SMILES string of the molecule is NCC1(c2ccc(Br)cc2F)CC(O)C1. The Kier molecular flexibility index (Phi) is 2.83. The highest BCUT2D eigenvalue weighted by Gasteiger charge is 2.45. The van der Waals surface area contributed by atoms with E-state index in [-0.39, 0.29) is 17.3 Å². The number of rotatable bonds is 2. The van der Waals surface area contributed by atoms with E-state index in [1.807, 2.05) is 0 Å². The summed E-state index contributed by atoms with van der Waals surface area (Å²) in [7, 11) is 0. The van der Waals surface area contributed by atoms with Gasteiger partial charge in [0.25, 0.3) is 0 Å². The zero-order valence-electron chi connectivity index (χ0n) is 8.21. The smallest absolute Gasteiger partial charge is 0.128 e. The van der Waals surface area contributed by atoms with Crippen molar-refractivity contribution in [3.05, 3.63) is 34.1 Å². The number of benzene rings is 1. The molecule has 0 unspecified atom stereocenters. The van der Waals surface area contributed by atoms with Gasteiger partial charge >= 0.3 is 0 Å². The average molecular weight is 274 g/mol. The number of hydrogen-bond acceptors (Lipinski definition) is 2. The minimum Gasteiger partial charge on any atom is -0.393 e. The van der Waals surface area contributed by atoms with Crippen LogP contribution in [0.5, 0.6) is 0 Å². The summed E-state index contributed by atoms with van der Waals surface area (Å²) in [5.41, 5.74) is 5.95. The predicted octanol–water partition coefficient (Wildman–Crippen LogP) is 1.94. The summed E-state index contributed by atoms with van der Waals surface area (Å²) in [4.78, 5) is 0. The molecular formula is C11H13BrFNO. The first-order valence-corrected chi connectivity index (χ1v) is 5.70. The second-order valence-corrected chi connectivity index (χ2v) is 5.09. The van der Waals surface area contributed by atoms with Gasteiger partial charge in [-0.25, -0.2) is 4.39 Å². The highest BCUT2D eigenvalue weighted by Crippen LogP contribution is 2.44. The quantitative estimate of drug-likeness (QED) is 0.865. The lowest BCUT2D eigenvalue weighted by atomic mass is 9.62. The minimum absolute atomic E-state index is 0.248. The van der Waals surface area contributed by atoms with Crippen LogP contribution < -0.4 is 5.73 Å².